The van der Waals surface area contributed by atoms with Crippen LogP contribution in [0.15, 0.2) is 46.9 Å². The minimum absolute atomic E-state index is 0.604. The van der Waals surface area contributed by atoms with Gasteiger partial charge in [-0.25, -0.2) is 4.98 Å². The number of fused-ring (bicyclic) bond motifs is 1. The summed E-state index contributed by atoms with van der Waals surface area (Å²) in [4.78, 5) is 4.52. The molecule has 3 rings (SSSR count). The molecule has 0 aliphatic heterocycles. The minimum Gasteiger partial charge on any atom is -0.497 e. The number of rotatable bonds is 8. The zero-order valence-corrected chi connectivity index (χ0v) is 14.2. The molecule has 24 heavy (non-hydrogen) atoms. The second-order valence-electron chi connectivity index (χ2n) is 5.79. The van der Waals surface area contributed by atoms with Gasteiger partial charge >= 0.3 is 0 Å². The van der Waals surface area contributed by atoms with E-state index < -0.39 is 0 Å². The third-order valence-corrected chi connectivity index (χ3v) is 3.96. The summed E-state index contributed by atoms with van der Waals surface area (Å²) in [6.45, 7) is 2.98. The zero-order valence-electron chi connectivity index (χ0n) is 14.2. The number of hydrogen-bond donors (Lipinski definition) is 0. The largest absolute Gasteiger partial charge is 0.497 e. The van der Waals surface area contributed by atoms with E-state index in [-0.39, 0.29) is 0 Å². The first-order valence-electron chi connectivity index (χ1n) is 8.48. The van der Waals surface area contributed by atoms with Crippen molar-refractivity contribution < 1.29 is 13.9 Å². The fraction of sp³-hybridized carbons (Fsp3) is 0.350. The molecule has 0 spiro atoms. The van der Waals surface area contributed by atoms with Crippen LogP contribution in [-0.4, -0.2) is 18.7 Å². The van der Waals surface area contributed by atoms with E-state index in [0.29, 0.717) is 5.89 Å². The molecule has 0 saturated carbocycles. The standard InChI is InChI=1S/C20H23NO3/c1-3-4-5-6-13-23-16-9-7-15(8-10-16)20-21-18-12-11-17(22-2)14-19(18)24-20/h7-12,14H,3-6,13H2,1-2H3. The Labute approximate surface area is 142 Å². The van der Waals surface area contributed by atoms with Crippen molar-refractivity contribution in [1.29, 1.82) is 0 Å². The van der Waals surface area contributed by atoms with Gasteiger partial charge in [0, 0.05) is 11.6 Å². The molecule has 0 unspecified atom stereocenters. The lowest BCUT2D eigenvalue weighted by molar-refractivity contribution is 0.305. The van der Waals surface area contributed by atoms with Crippen molar-refractivity contribution in [3.8, 4) is 23.0 Å². The van der Waals surface area contributed by atoms with Crippen LogP contribution < -0.4 is 9.47 Å². The molecule has 0 saturated heterocycles. The van der Waals surface area contributed by atoms with E-state index in [2.05, 4.69) is 11.9 Å². The summed E-state index contributed by atoms with van der Waals surface area (Å²) in [7, 11) is 1.64. The van der Waals surface area contributed by atoms with Gasteiger partial charge in [0.15, 0.2) is 5.58 Å². The summed E-state index contributed by atoms with van der Waals surface area (Å²) < 4.78 is 16.8. The van der Waals surface area contributed by atoms with Crippen molar-refractivity contribution >= 4 is 11.1 Å². The van der Waals surface area contributed by atoms with Crippen LogP contribution in [-0.2, 0) is 0 Å². The minimum atomic E-state index is 0.604. The van der Waals surface area contributed by atoms with E-state index in [1.165, 1.54) is 19.3 Å². The van der Waals surface area contributed by atoms with Crippen molar-refractivity contribution in [1.82, 2.24) is 4.98 Å². The van der Waals surface area contributed by atoms with Crippen molar-refractivity contribution in [2.24, 2.45) is 0 Å². The third kappa shape index (κ3) is 3.88. The molecule has 0 fully saturated rings. The van der Waals surface area contributed by atoms with Crippen LogP contribution in [0.5, 0.6) is 11.5 Å². The quantitative estimate of drug-likeness (QED) is 0.516. The summed E-state index contributed by atoms with van der Waals surface area (Å²) in [5.74, 6) is 2.25. The maximum Gasteiger partial charge on any atom is 0.227 e. The smallest absolute Gasteiger partial charge is 0.227 e. The van der Waals surface area contributed by atoms with Gasteiger partial charge < -0.3 is 13.9 Å². The van der Waals surface area contributed by atoms with Gasteiger partial charge in [0.2, 0.25) is 5.89 Å². The van der Waals surface area contributed by atoms with E-state index in [1.54, 1.807) is 7.11 Å². The zero-order chi connectivity index (χ0) is 16.8. The second-order valence-corrected chi connectivity index (χ2v) is 5.79. The Kier molecular flexibility index (Phi) is 5.36. The second kappa shape index (κ2) is 7.86. The fourth-order valence-electron chi connectivity index (χ4n) is 2.57. The summed E-state index contributed by atoms with van der Waals surface area (Å²) >= 11 is 0. The summed E-state index contributed by atoms with van der Waals surface area (Å²) in [6.07, 6.45) is 4.83. The maximum atomic E-state index is 5.83. The number of ether oxygens (including phenoxy) is 2. The number of oxazole rings is 1. The molecule has 3 aromatic rings. The van der Waals surface area contributed by atoms with Gasteiger partial charge in [-0.1, -0.05) is 26.2 Å². The van der Waals surface area contributed by atoms with Gasteiger partial charge in [0.25, 0.3) is 0 Å². The molecule has 0 radical (unpaired) electrons. The average Bonchev–Trinajstić information content (AvgIpc) is 3.05. The normalized spacial score (nSPS) is 10.9. The predicted octanol–water partition coefficient (Wildman–Crippen LogP) is 5.46. The van der Waals surface area contributed by atoms with Crippen LogP contribution in [0, 0.1) is 0 Å². The van der Waals surface area contributed by atoms with Gasteiger partial charge in [-0.05, 0) is 42.8 Å². The lowest BCUT2D eigenvalue weighted by Crippen LogP contribution is -1.96. The van der Waals surface area contributed by atoms with Crippen LogP contribution in [0.25, 0.3) is 22.6 Å². The number of unbranched alkanes of at least 4 members (excludes halogenated alkanes) is 3. The van der Waals surface area contributed by atoms with Crippen molar-refractivity contribution in [3.05, 3.63) is 42.5 Å². The Hall–Kier alpha value is -2.49. The Morgan fingerprint density at radius 3 is 2.50 bits per heavy atom. The van der Waals surface area contributed by atoms with Gasteiger partial charge in [-0.3, -0.25) is 0 Å². The Bertz CT molecular complexity index is 777. The molecule has 0 aliphatic carbocycles. The first kappa shape index (κ1) is 16.4. The molecule has 0 amide bonds. The molecule has 1 heterocycles. The lowest BCUT2D eigenvalue weighted by Gasteiger charge is -2.06. The molecule has 126 valence electrons. The van der Waals surface area contributed by atoms with E-state index >= 15 is 0 Å². The lowest BCUT2D eigenvalue weighted by atomic mass is 10.2. The molecule has 4 nitrogen and oxygen atoms in total. The van der Waals surface area contributed by atoms with E-state index in [4.69, 9.17) is 13.9 Å². The predicted molar refractivity (Wildman–Crippen MR) is 95.6 cm³/mol. The fourth-order valence-corrected chi connectivity index (χ4v) is 2.57. The Morgan fingerprint density at radius 1 is 0.958 bits per heavy atom. The maximum absolute atomic E-state index is 5.83. The summed E-state index contributed by atoms with van der Waals surface area (Å²) in [5, 5.41) is 0. The summed E-state index contributed by atoms with van der Waals surface area (Å²) in [5.41, 5.74) is 2.48. The molecular weight excluding hydrogens is 302 g/mol. The monoisotopic (exact) mass is 325 g/mol. The first-order chi connectivity index (χ1) is 11.8. The molecule has 0 atom stereocenters. The van der Waals surface area contributed by atoms with Crippen LogP contribution >= 0.6 is 0 Å². The van der Waals surface area contributed by atoms with E-state index in [9.17, 15) is 0 Å². The first-order valence-corrected chi connectivity index (χ1v) is 8.48. The highest BCUT2D eigenvalue weighted by Gasteiger charge is 2.09. The number of nitrogens with zero attached hydrogens (tertiary/aromatic N) is 1. The number of hydrogen-bond acceptors (Lipinski definition) is 4. The molecule has 4 heteroatoms. The molecule has 0 N–H and O–H groups in total. The molecule has 0 aliphatic rings. The highest BCUT2D eigenvalue weighted by molar-refractivity contribution is 5.77. The number of methoxy groups -OCH3 is 1. The van der Waals surface area contributed by atoms with Gasteiger partial charge in [0.1, 0.15) is 17.0 Å². The van der Waals surface area contributed by atoms with E-state index in [1.807, 2.05) is 42.5 Å². The Morgan fingerprint density at radius 2 is 1.75 bits per heavy atom. The number of benzene rings is 2. The van der Waals surface area contributed by atoms with Crippen LogP contribution in [0.3, 0.4) is 0 Å². The van der Waals surface area contributed by atoms with Crippen LogP contribution in [0.1, 0.15) is 32.6 Å². The highest BCUT2D eigenvalue weighted by atomic mass is 16.5. The average molecular weight is 325 g/mol. The third-order valence-electron chi connectivity index (χ3n) is 3.96. The van der Waals surface area contributed by atoms with Gasteiger partial charge in [-0.2, -0.15) is 0 Å². The van der Waals surface area contributed by atoms with Gasteiger partial charge in [-0.15, -0.1) is 0 Å². The summed E-state index contributed by atoms with van der Waals surface area (Å²) in [6, 6.07) is 13.5. The molecule has 0 bridgehead atoms. The number of aromatic nitrogens is 1. The SMILES string of the molecule is CCCCCCOc1ccc(-c2nc3ccc(OC)cc3o2)cc1. The molecule has 1 aromatic heterocycles. The Balaban J connectivity index is 1.66. The highest BCUT2D eigenvalue weighted by Crippen LogP contribution is 2.28. The van der Waals surface area contributed by atoms with Crippen molar-refractivity contribution in [2.75, 3.05) is 13.7 Å². The van der Waals surface area contributed by atoms with Crippen molar-refractivity contribution in [3.63, 3.8) is 0 Å². The van der Waals surface area contributed by atoms with Crippen LogP contribution in [0.2, 0.25) is 0 Å². The molecular formula is C20H23NO3. The van der Waals surface area contributed by atoms with Crippen LogP contribution in [0.4, 0.5) is 0 Å². The van der Waals surface area contributed by atoms with Crippen molar-refractivity contribution in [2.45, 2.75) is 32.6 Å². The van der Waals surface area contributed by atoms with E-state index in [0.717, 1.165) is 41.2 Å². The van der Waals surface area contributed by atoms with Gasteiger partial charge in [0.05, 0.1) is 13.7 Å². The topological polar surface area (TPSA) is 44.5 Å². The molecule has 2 aromatic carbocycles.